The smallest absolute Gasteiger partial charge is 0.276 e. The molecule has 1 N–H and O–H groups in total. The van der Waals surface area contributed by atoms with Gasteiger partial charge < -0.3 is 0 Å². The number of hydrogen-bond acceptors (Lipinski definition) is 3. The minimum atomic E-state index is 0.0301. The molecule has 1 aliphatic rings. The molecule has 2 aromatic heterocycles. The summed E-state index contributed by atoms with van der Waals surface area (Å²) in [5.41, 5.74) is 4.12. The van der Waals surface area contributed by atoms with Crippen molar-refractivity contribution in [2.75, 3.05) is 6.54 Å². The maximum absolute atomic E-state index is 12.7. The Labute approximate surface area is 140 Å². The Morgan fingerprint density at radius 3 is 2.75 bits per heavy atom. The number of rotatable bonds is 3. The predicted molar refractivity (Wildman–Crippen MR) is 93.2 cm³/mol. The SMILES string of the molecule is Cc1cccc(-n2[nH]c3c(c2=O)CCN(Cc2ccccc2)C3)n1. The second-order valence-electron chi connectivity index (χ2n) is 6.29. The van der Waals surface area contributed by atoms with Gasteiger partial charge in [0.2, 0.25) is 0 Å². The average molecular weight is 320 g/mol. The molecule has 0 atom stereocenters. The summed E-state index contributed by atoms with van der Waals surface area (Å²) in [6.07, 6.45) is 0.774. The minimum Gasteiger partial charge on any atom is -0.293 e. The van der Waals surface area contributed by atoms with Gasteiger partial charge in [-0.05, 0) is 31.0 Å². The molecule has 0 bridgehead atoms. The fourth-order valence-electron chi connectivity index (χ4n) is 3.27. The third-order valence-electron chi connectivity index (χ3n) is 4.48. The number of aryl methyl sites for hydroxylation is 1. The van der Waals surface area contributed by atoms with Crippen molar-refractivity contribution in [3.63, 3.8) is 0 Å². The van der Waals surface area contributed by atoms with Crippen LogP contribution >= 0.6 is 0 Å². The first-order valence-electron chi connectivity index (χ1n) is 8.24. The van der Waals surface area contributed by atoms with E-state index in [1.165, 1.54) is 5.56 Å². The quantitative estimate of drug-likeness (QED) is 0.806. The molecule has 0 spiro atoms. The zero-order valence-electron chi connectivity index (χ0n) is 13.7. The standard InChI is InChI=1S/C19H20N4O/c1-14-6-5-9-18(20-14)23-19(24)16-10-11-22(13-17(16)21-23)12-15-7-3-2-4-8-15/h2-9,21H,10-13H2,1H3. The molecule has 0 saturated heterocycles. The Bertz CT molecular complexity index is 911. The molecule has 3 aromatic rings. The van der Waals surface area contributed by atoms with Crippen molar-refractivity contribution in [3.8, 4) is 5.82 Å². The highest BCUT2D eigenvalue weighted by Gasteiger charge is 2.23. The number of nitrogens with one attached hydrogen (secondary N) is 1. The van der Waals surface area contributed by atoms with E-state index in [0.717, 1.165) is 43.0 Å². The van der Waals surface area contributed by atoms with Gasteiger partial charge in [0, 0.05) is 30.9 Å². The number of nitrogens with zero attached hydrogens (tertiary/aromatic N) is 3. The van der Waals surface area contributed by atoms with E-state index < -0.39 is 0 Å². The normalized spacial score (nSPS) is 14.5. The summed E-state index contributed by atoms with van der Waals surface area (Å²) in [5.74, 6) is 0.656. The summed E-state index contributed by atoms with van der Waals surface area (Å²) in [6, 6.07) is 16.1. The van der Waals surface area contributed by atoms with Crippen LogP contribution in [0.5, 0.6) is 0 Å². The number of H-pyrrole nitrogens is 1. The van der Waals surface area contributed by atoms with Crippen LogP contribution < -0.4 is 5.56 Å². The molecule has 5 nitrogen and oxygen atoms in total. The van der Waals surface area contributed by atoms with E-state index >= 15 is 0 Å². The lowest BCUT2D eigenvalue weighted by molar-refractivity contribution is 0.242. The number of pyridine rings is 1. The van der Waals surface area contributed by atoms with E-state index in [0.29, 0.717) is 5.82 Å². The molecular formula is C19H20N4O. The molecule has 0 amide bonds. The van der Waals surface area contributed by atoms with E-state index in [-0.39, 0.29) is 5.56 Å². The van der Waals surface area contributed by atoms with Crippen LogP contribution in [-0.4, -0.2) is 26.2 Å². The fraction of sp³-hybridized carbons (Fsp3) is 0.263. The van der Waals surface area contributed by atoms with Crippen LogP contribution in [-0.2, 0) is 19.5 Å². The molecular weight excluding hydrogens is 300 g/mol. The molecule has 3 heterocycles. The number of fused-ring (bicyclic) bond motifs is 1. The molecule has 0 saturated carbocycles. The molecule has 0 fully saturated rings. The Kier molecular flexibility index (Phi) is 3.78. The summed E-state index contributed by atoms with van der Waals surface area (Å²) >= 11 is 0. The predicted octanol–water partition coefficient (Wildman–Crippen LogP) is 2.43. The van der Waals surface area contributed by atoms with Gasteiger partial charge in [0.15, 0.2) is 5.82 Å². The minimum absolute atomic E-state index is 0.0301. The van der Waals surface area contributed by atoms with E-state index in [4.69, 9.17) is 0 Å². The van der Waals surface area contributed by atoms with Gasteiger partial charge in [0.05, 0.1) is 5.69 Å². The van der Waals surface area contributed by atoms with Gasteiger partial charge in [0.1, 0.15) is 0 Å². The highest BCUT2D eigenvalue weighted by Crippen LogP contribution is 2.17. The van der Waals surface area contributed by atoms with Crippen LogP contribution in [0.3, 0.4) is 0 Å². The van der Waals surface area contributed by atoms with E-state index in [1.807, 2.05) is 31.2 Å². The van der Waals surface area contributed by atoms with Gasteiger partial charge in [-0.15, -0.1) is 0 Å². The number of benzene rings is 1. The lowest BCUT2D eigenvalue weighted by Gasteiger charge is -2.25. The summed E-state index contributed by atoms with van der Waals surface area (Å²) in [7, 11) is 0. The number of aromatic amines is 1. The van der Waals surface area contributed by atoms with Gasteiger partial charge in [-0.3, -0.25) is 14.8 Å². The molecule has 1 aromatic carbocycles. The number of aromatic nitrogens is 3. The van der Waals surface area contributed by atoms with Crippen LogP contribution in [0.2, 0.25) is 0 Å². The zero-order valence-corrected chi connectivity index (χ0v) is 13.7. The molecule has 24 heavy (non-hydrogen) atoms. The average Bonchev–Trinajstić information content (AvgIpc) is 2.92. The molecule has 122 valence electrons. The van der Waals surface area contributed by atoms with Crippen LogP contribution in [0.4, 0.5) is 0 Å². The molecule has 0 radical (unpaired) electrons. The second-order valence-corrected chi connectivity index (χ2v) is 6.29. The Morgan fingerprint density at radius 2 is 1.96 bits per heavy atom. The van der Waals surface area contributed by atoms with Gasteiger partial charge >= 0.3 is 0 Å². The molecule has 5 heteroatoms. The summed E-state index contributed by atoms with van der Waals surface area (Å²) in [5, 5.41) is 3.26. The first-order chi connectivity index (χ1) is 11.7. The van der Waals surface area contributed by atoms with Crippen molar-refractivity contribution < 1.29 is 0 Å². The van der Waals surface area contributed by atoms with Crippen LogP contribution in [0.15, 0.2) is 53.3 Å². The van der Waals surface area contributed by atoms with Crippen molar-refractivity contribution in [1.29, 1.82) is 0 Å². The van der Waals surface area contributed by atoms with Crippen LogP contribution in [0.1, 0.15) is 22.5 Å². The van der Waals surface area contributed by atoms with Crippen molar-refractivity contribution >= 4 is 0 Å². The second kappa shape index (κ2) is 6.09. The zero-order chi connectivity index (χ0) is 16.5. The maximum atomic E-state index is 12.7. The fourth-order valence-corrected chi connectivity index (χ4v) is 3.27. The van der Waals surface area contributed by atoms with Gasteiger partial charge in [-0.2, -0.15) is 0 Å². The number of hydrogen-bond donors (Lipinski definition) is 1. The summed E-state index contributed by atoms with van der Waals surface area (Å²) in [4.78, 5) is 19.5. The molecule has 1 aliphatic heterocycles. The van der Waals surface area contributed by atoms with E-state index in [2.05, 4.69) is 39.2 Å². The van der Waals surface area contributed by atoms with Gasteiger partial charge in [-0.1, -0.05) is 36.4 Å². The Morgan fingerprint density at radius 1 is 1.12 bits per heavy atom. The lowest BCUT2D eigenvalue weighted by atomic mass is 10.1. The van der Waals surface area contributed by atoms with Crippen LogP contribution in [0, 0.1) is 6.92 Å². The van der Waals surface area contributed by atoms with Crippen molar-refractivity contribution in [3.05, 3.63) is 81.4 Å². The molecule has 0 aliphatic carbocycles. The van der Waals surface area contributed by atoms with Crippen molar-refractivity contribution in [2.24, 2.45) is 0 Å². The van der Waals surface area contributed by atoms with Crippen molar-refractivity contribution in [1.82, 2.24) is 19.7 Å². The van der Waals surface area contributed by atoms with Gasteiger partial charge in [0.25, 0.3) is 5.56 Å². The highest BCUT2D eigenvalue weighted by atomic mass is 16.1. The van der Waals surface area contributed by atoms with Crippen molar-refractivity contribution in [2.45, 2.75) is 26.4 Å². The van der Waals surface area contributed by atoms with Crippen LogP contribution in [0.25, 0.3) is 5.82 Å². The van der Waals surface area contributed by atoms with E-state index in [9.17, 15) is 4.79 Å². The largest absolute Gasteiger partial charge is 0.293 e. The summed E-state index contributed by atoms with van der Waals surface area (Å²) < 4.78 is 1.57. The maximum Gasteiger partial charge on any atom is 0.276 e. The van der Waals surface area contributed by atoms with E-state index in [1.54, 1.807) is 4.68 Å². The third-order valence-corrected chi connectivity index (χ3v) is 4.48. The Hall–Kier alpha value is -2.66. The van der Waals surface area contributed by atoms with Gasteiger partial charge in [-0.25, -0.2) is 9.67 Å². The topological polar surface area (TPSA) is 53.9 Å². The highest BCUT2D eigenvalue weighted by molar-refractivity contribution is 5.29. The Balaban J connectivity index is 1.61. The monoisotopic (exact) mass is 320 g/mol. The summed E-state index contributed by atoms with van der Waals surface area (Å²) in [6.45, 7) is 4.49. The first-order valence-corrected chi connectivity index (χ1v) is 8.24. The first kappa shape index (κ1) is 14.9. The molecule has 0 unspecified atom stereocenters. The molecule has 4 rings (SSSR count). The third kappa shape index (κ3) is 2.78. The lowest BCUT2D eigenvalue weighted by Crippen LogP contribution is -2.31.